The average Bonchev–Trinajstić information content (AvgIpc) is 3.00. The van der Waals surface area contributed by atoms with Crippen LogP contribution in [0.3, 0.4) is 0 Å². The van der Waals surface area contributed by atoms with Gasteiger partial charge in [-0.3, -0.25) is 4.79 Å². The van der Waals surface area contributed by atoms with Crippen molar-refractivity contribution in [3.63, 3.8) is 0 Å². The minimum Gasteiger partial charge on any atom is -0.489 e. The Labute approximate surface area is 129 Å². The Morgan fingerprint density at radius 1 is 1.38 bits per heavy atom. The molecule has 1 aromatic carbocycles. The van der Waals surface area contributed by atoms with E-state index in [1.54, 1.807) is 12.1 Å². The van der Waals surface area contributed by atoms with Crippen molar-refractivity contribution in [3.05, 3.63) is 29.3 Å². The van der Waals surface area contributed by atoms with E-state index in [1.165, 1.54) is 0 Å². The minimum atomic E-state index is -0.687. The molecule has 1 saturated heterocycles. The Bertz CT molecular complexity index is 464. The van der Waals surface area contributed by atoms with Gasteiger partial charge < -0.3 is 20.1 Å². The van der Waals surface area contributed by atoms with Crippen LogP contribution in [-0.2, 0) is 4.79 Å². The van der Waals surface area contributed by atoms with Crippen molar-refractivity contribution in [3.8, 4) is 5.75 Å². The predicted molar refractivity (Wildman–Crippen MR) is 81.6 cm³/mol. The number of para-hydroxylation sites is 1. The van der Waals surface area contributed by atoms with Crippen molar-refractivity contribution in [1.82, 2.24) is 10.2 Å². The molecule has 0 aliphatic carbocycles. The molecular formula is C15H21ClN2O3. The Hall–Kier alpha value is -1.30. The maximum Gasteiger partial charge on any atom is 0.236 e. The molecule has 1 aliphatic heterocycles. The molecule has 1 atom stereocenters. The lowest BCUT2D eigenvalue weighted by Crippen LogP contribution is -2.40. The predicted octanol–water partition coefficient (Wildman–Crippen LogP) is 1.29. The monoisotopic (exact) mass is 312 g/mol. The fraction of sp³-hybridized carbons (Fsp3) is 0.533. The number of rotatable bonds is 7. The molecule has 6 heteroatoms. The molecule has 0 bridgehead atoms. The van der Waals surface area contributed by atoms with E-state index in [1.807, 2.05) is 17.0 Å². The highest BCUT2D eigenvalue weighted by molar-refractivity contribution is 6.32. The Morgan fingerprint density at radius 2 is 2.10 bits per heavy atom. The van der Waals surface area contributed by atoms with E-state index in [0.717, 1.165) is 25.9 Å². The van der Waals surface area contributed by atoms with Crippen LogP contribution in [0.5, 0.6) is 5.75 Å². The number of nitrogens with one attached hydrogen (secondary N) is 1. The van der Waals surface area contributed by atoms with E-state index in [-0.39, 0.29) is 19.1 Å². The molecule has 1 fully saturated rings. The number of hydrogen-bond acceptors (Lipinski definition) is 4. The second-order valence-electron chi connectivity index (χ2n) is 5.11. The van der Waals surface area contributed by atoms with Crippen molar-refractivity contribution in [1.29, 1.82) is 0 Å². The van der Waals surface area contributed by atoms with Gasteiger partial charge in [-0.15, -0.1) is 0 Å². The van der Waals surface area contributed by atoms with Crippen LogP contribution in [-0.4, -0.2) is 54.8 Å². The molecule has 1 amide bonds. The van der Waals surface area contributed by atoms with Gasteiger partial charge in [-0.05, 0) is 25.0 Å². The fourth-order valence-electron chi connectivity index (χ4n) is 2.23. The van der Waals surface area contributed by atoms with E-state index < -0.39 is 6.10 Å². The number of aliphatic hydroxyl groups is 1. The zero-order chi connectivity index (χ0) is 15.1. The van der Waals surface area contributed by atoms with Crippen molar-refractivity contribution in [2.24, 2.45) is 0 Å². The molecule has 21 heavy (non-hydrogen) atoms. The summed E-state index contributed by atoms with van der Waals surface area (Å²) in [5, 5.41) is 13.3. The lowest BCUT2D eigenvalue weighted by Gasteiger charge is -2.17. The second kappa shape index (κ2) is 8.22. The van der Waals surface area contributed by atoms with Crippen LogP contribution in [0.4, 0.5) is 0 Å². The standard InChI is InChI=1S/C15H21ClN2O3/c16-13-5-1-2-6-14(13)21-11-12(19)9-17-10-15(20)18-7-3-4-8-18/h1-2,5-6,12,17,19H,3-4,7-11H2. The van der Waals surface area contributed by atoms with Crippen LogP contribution in [0.2, 0.25) is 5.02 Å². The molecule has 2 rings (SSSR count). The summed E-state index contributed by atoms with van der Waals surface area (Å²) < 4.78 is 5.44. The highest BCUT2D eigenvalue weighted by Gasteiger charge is 2.17. The zero-order valence-corrected chi connectivity index (χ0v) is 12.7. The van der Waals surface area contributed by atoms with Gasteiger partial charge in [-0.1, -0.05) is 23.7 Å². The molecule has 1 unspecified atom stereocenters. The molecular weight excluding hydrogens is 292 g/mol. The van der Waals surface area contributed by atoms with Crippen LogP contribution in [0.25, 0.3) is 0 Å². The minimum absolute atomic E-state index is 0.0896. The van der Waals surface area contributed by atoms with E-state index in [4.69, 9.17) is 16.3 Å². The summed E-state index contributed by atoms with van der Waals surface area (Å²) in [5.41, 5.74) is 0. The SMILES string of the molecule is O=C(CNCC(O)COc1ccccc1Cl)N1CCCC1. The first kappa shape index (κ1) is 16.1. The van der Waals surface area contributed by atoms with Gasteiger partial charge in [0.1, 0.15) is 18.5 Å². The Morgan fingerprint density at radius 3 is 2.81 bits per heavy atom. The summed E-state index contributed by atoms with van der Waals surface area (Å²) in [6, 6.07) is 7.12. The first-order valence-corrected chi connectivity index (χ1v) is 7.58. The third kappa shape index (κ3) is 5.19. The van der Waals surface area contributed by atoms with Crippen molar-refractivity contribution >= 4 is 17.5 Å². The molecule has 0 aromatic heterocycles. The number of likely N-dealkylation sites (tertiary alicyclic amines) is 1. The van der Waals surface area contributed by atoms with E-state index >= 15 is 0 Å². The van der Waals surface area contributed by atoms with Crippen LogP contribution >= 0.6 is 11.6 Å². The molecule has 0 saturated carbocycles. The molecule has 1 aliphatic rings. The number of hydrogen-bond donors (Lipinski definition) is 2. The van der Waals surface area contributed by atoms with Crippen molar-refractivity contribution in [2.75, 3.05) is 32.8 Å². The molecule has 1 heterocycles. The Balaban J connectivity index is 1.62. The van der Waals surface area contributed by atoms with Gasteiger partial charge in [0.25, 0.3) is 0 Å². The normalized spacial score (nSPS) is 16.0. The highest BCUT2D eigenvalue weighted by atomic mass is 35.5. The van der Waals surface area contributed by atoms with E-state index in [0.29, 0.717) is 17.3 Å². The zero-order valence-electron chi connectivity index (χ0n) is 11.9. The lowest BCUT2D eigenvalue weighted by molar-refractivity contribution is -0.129. The number of benzene rings is 1. The average molecular weight is 313 g/mol. The fourth-order valence-corrected chi connectivity index (χ4v) is 2.42. The molecule has 1 aromatic rings. The number of halogens is 1. The first-order chi connectivity index (χ1) is 10.2. The number of nitrogens with zero attached hydrogens (tertiary/aromatic N) is 1. The maximum atomic E-state index is 11.8. The number of amides is 1. The van der Waals surface area contributed by atoms with Crippen molar-refractivity contribution < 1.29 is 14.6 Å². The highest BCUT2D eigenvalue weighted by Crippen LogP contribution is 2.22. The van der Waals surface area contributed by atoms with E-state index in [2.05, 4.69) is 5.32 Å². The maximum absolute atomic E-state index is 11.8. The van der Waals surface area contributed by atoms with Gasteiger partial charge in [-0.2, -0.15) is 0 Å². The van der Waals surface area contributed by atoms with Gasteiger partial charge in [0.2, 0.25) is 5.91 Å². The summed E-state index contributed by atoms with van der Waals surface area (Å²) in [4.78, 5) is 13.6. The summed E-state index contributed by atoms with van der Waals surface area (Å²) in [7, 11) is 0. The molecule has 5 nitrogen and oxygen atoms in total. The summed E-state index contributed by atoms with van der Waals surface area (Å²) in [6.07, 6.45) is 1.48. The number of ether oxygens (including phenoxy) is 1. The molecule has 116 valence electrons. The van der Waals surface area contributed by atoms with Crippen molar-refractivity contribution in [2.45, 2.75) is 18.9 Å². The third-order valence-corrected chi connectivity index (χ3v) is 3.70. The first-order valence-electron chi connectivity index (χ1n) is 7.20. The van der Waals surface area contributed by atoms with Crippen LogP contribution in [0.1, 0.15) is 12.8 Å². The molecule has 0 radical (unpaired) electrons. The number of carbonyl (C=O) groups is 1. The second-order valence-corrected chi connectivity index (χ2v) is 5.52. The molecule has 2 N–H and O–H groups in total. The Kier molecular flexibility index (Phi) is 6.29. The van der Waals surface area contributed by atoms with E-state index in [9.17, 15) is 9.90 Å². The summed E-state index contributed by atoms with van der Waals surface area (Å²) >= 11 is 5.95. The van der Waals surface area contributed by atoms with Crippen LogP contribution < -0.4 is 10.1 Å². The largest absolute Gasteiger partial charge is 0.489 e. The molecule has 0 spiro atoms. The van der Waals surface area contributed by atoms with Gasteiger partial charge >= 0.3 is 0 Å². The van der Waals surface area contributed by atoms with Gasteiger partial charge in [-0.25, -0.2) is 0 Å². The van der Waals surface area contributed by atoms with Crippen LogP contribution in [0, 0.1) is 0 Å². The van der Waals surface area contributed by atoms with Gasteiger partial charge in [0.15, 0.2) is 0 Å². The van der Waals surface area contributed by atoms with Gasteiger partial charge in [0, 0.05) is 19.6 Å². The third-order valence-electron chi connectivity index (χ3n) is 3.38. The smallest absolute Gasteiger partial charge is 0.236 e. The number of aliphatic hydroxyl groups excluding tert-OH is 1. The summed E-state index contributed by atoms with van der Waals surface area (Å²) in [5.74, 6) is 0.637. The lowest BCUT2D eigenvalue weighted by atomic mass is 10.3. The van der Waals surface area contributed by atoms with Crippen LogP contribution in [0.15, 0.2) is 24.3 Å². The quantitative estimate of drug-likeness (QED) is 0.796. The van der Waals surface area contributed by atoms with Gasteiger partial charge in [0.05, 0.1) is 11.6 Å². The number of carbonyl (C=O) groups excluding carboxylic acids is 1. The topological polar surface area (TPSA) is 61.8 Å². The summed E-state index contributed by atoms with van der Waals surface area (Å²) in [6.45, 7) is 2.39.